The second-order valence-electron chi connectivity index (χ2n) is 10.3. The normalized spacial score (nSPS) is 18.6. The maximum absolute atomic E-state index is 13.4. The Kier molecular flexibility index (Phi) is 7.79. The minimum Gasteiger partial charge on any atom is -0.497 e. The van der Waals surface area contributed by atoms with Crippen LogP contribution in [-0.2, 0) is 16.0 Å². The van der Waals surface area contributed by atoms with E-state index in [1.54, 1.807) is 7.11 Å². The first-order chi connectivity index (χ1) is 17.7. The highest BCUT2D eigenvalue weighted by Gasteiger charge is 2.42. The number of rotatable bonds is 7. The van der Waals surface area contributed by atoms with Gasteiger partial charge >= 0.3 is 0 Å². The summed E-state index contributed by atoms with van der Waals surface area (Å²) in [5.74, 6) is 0.284. The van der Waals surface area contributed by atoms with E-state index in [1.807, 2.05) is 49.4 Å². The first kappa shape index (κ1) is 26.6. The summed E-state index contributed by atoms with van der Waals surface area (Å²) in [7, 11) is 1.60. The van der Waals surface area contributed by atoms with Crippen molar-refractivity contribution in [2.24, 2.45) is 5.41 Å². The fraction of sp³-hybridized carbons (Fsp3) is 0.367. The molecular weight excluding hydrogens is 482 g/mol. The molecule has 1 amide bonds. The molecule has 2 N–H and O–H groups in total. The molecule has 6 nitrogen and oxygen atoms in total. The quantitative estimate of drug-likeness (QED) is 0.470. The second-order valence-corrected chi connectivity index (χ2v) is 11.3. The molecule has 0 spiro atoms. The van der Waals surface area contributed by atoms with E-state index in [0.29, 0.717) is 34.8 Å². The molecule has 2 aliphatic rings. The number of thioether (sulfide) groups is 1. The number of para-hydroxylation sites is 1. The lowest BCUT2D eigenvalue weighted by Gasteiger charge is -2.39. The van der Waals surface area contributed by atoms with E-state index in [-0.39, 0.29) is 22.9 Å². The number of amides is 1. The van der Waals surface area contributed by atoms with Crippen molar-refractivity contribution in [2.75, 3.05) is 18.2 Å². The lowest BCUT2D eigenvalue weighted by Crippen LogP contribution is -2.37. The zero-order chi connectivity index (χ0) is 26.7. The van der Waals surface area contributed by atoms with Crippen LogP contribution in [0.4, 0.5) is 5.69 Å². The number of dihydropyridines is 1. The van der Waals surface area contributed by atoms with E-state index in [0.717, 1.165) is 34.5 Å². The molecule has 2 aromatic carbocycles. The van der Waals surface area contributed by atoms with Gasteiger partial charge in [-0.2, -0.15) is 5.26 Å². The molecule has 1 heterocycles. The van der Waals surface area contributed by atoms with Crippen molar-refractivity contribution in [1.82, 2.24) is 5.32 Å². The van der Waals surface area contributed by atoms with Gasteiger partial charge in [-0.05, 0) is 54.0 Å². The second kappa shape index (κ2) is 10.9. The van der Waals surface area contributed by atoms with Crippen LogP contribution in [0.5, 0.6) is 5.75 Å². The van der Waals surface area contributed by atoms with Gasteiger partial charge < -0.3 is 15.4 Å². The Labute approximate surface area is 223 Å². The summed E-state index contributed by atoms with van der Waals surface area (Å²) in [4.78, 5) is 26.3. The molecule has 1 aliphatic heterocycles. The number of methoxy groups -OCH3 is 1. The molecule has 0 unspecified atom stereocenters. The summed E-state index contributed by atoms with van der Waals surface area (Å²) >= 11 is 1.30. The van der Waals surface area contributed by atoms with Crippen molar-refractivity contribution < 1.29 is 14.3 Å². The molecule has 1 atom stereocenters. The maximum Gasteiger partial charge on any atom is 0.234 e. The fourth-order valence-electron chi connectivity index (χ4n) is 5.14. The van der Waals surface area contributed by atoms with Gasteiger partial charge in [0.1, 0.15) is 5.75 Å². The van der Waals surface area contributed by atoms with Crippen molar-refractivity contribution in [1.29, 1.82) is 5.26 Å². The van der Waals surface area contributed by atoms with Gasteiger partial charge in [0.15, 0.2) is 5.78 Å². The predicted octanol–water partition coefficient (Wildman–Crippen LogP) is 6.00. The zero-order valence-electron chi connectivity index (χ0n) is 22.0. The number of hydrogen-bond acceptors (Lipinski definition) is 6. The minimum absolute atomic E-state index is 0.0563. The lowest BCUT2D eigenvalue weighted by molar-refractivity contribution is -0.118. The highest BCUT2D eigenvalue weighted by Crippen LogP contribution is 2.48. The monoisotopic (exact) mass is 515 g/mol. The summed E-state index contributed by atoms with van der Waals surface area (Å²) in [6.07, 6.45) is 1.94. The van der Waals surface area contributed by atoms with E-state index in [9.17, 15) is 14.9 Å². The third kappa shape index (κ3) is 5.60. The minimum atomic E-state index is -0.482. The molecule has 0 radical (unpaired) electrons. The van der Waals surface area contributed by atoms with Crippen molar-refractivity contribution in [3.63, 3.8) is 0 Å². The summed E-state index contributed by atoms with van der Waals surface area (Å²) < 4.78 is 5.31. The van der Waals surface area contributed by atoms with Gasteiger partial charge in [-0.3, -0.25) is 9.59 Å². The SMILES string of the molecule is CCc1cccc(C)c1NC(=O)CSC1=C(C#N)[C@H](c2ccc(OC)cc2)C2=C(CC(C)(C)CC2=O)N1. The molecular formula is C30H33N3O3S. The Balaban J connectivity index is 1.66. The largest absolute Gasteiger partial charge is 0.497 e. The van der Waals surface area contributed by atoms with Crippen molar-refractivity contribution >= 4 is 29.1 Å². The molecule has 2 aromatic rings. The van der Waals surface area contributed by atoms with E-state index < -0.39 is 5.92 Å². The fourth-order valence-corrected chi connectivity index (χ4v) is 6.00. The highest BCUT2D eigenvalue weighted by molar-refractivity contribution is 8.03. The van der Waals surface area contributed by atoms with E-state index >= 15 is 0 Å². The number of aryl methyl sites for hydroxylation is 2. The maximum atomic E-state index is 13.4. The van der Waals surface area contributed by atoms with Gasteiger partial charge in [0.25, 0.3) is 0 Å². The first-order valence-corrected chi connectivity index (χ1v) is 13.5. The van der Waals surface area contributed by atoms with Crippen LogP contribution >= 0.6 is 11.8 Å². The summed E-state index contributed by atoms with van der Waals surface area (Å²) in [5.41, 5.74) is 5.58. The van der Waals surface area contributed by atoms with Gasteiger partial charge in [0, 0.05) is 23.4 Å². The van der Waals surface area contributed by atoms with Crippen LogP contribution < -0.4 is 15.4 Å². The molecule has 7 heteroatoms. The molecule has 192 valence electrons. The van der Waals surface area contributed by atoms with E-state index in [4.69, 9.17) is 4.74 Å². The Morgan fingerprint density at radius 2 is 1.95 bits per heavy atom. The number of carbonyl (C=O) groups is 2. The number of ketones is 1. The number of carbonyl (C=O) groups excluding carboxylic acids is 2. The van der Waals surface area contributed by atoms with Gasteiger partial charge in [-0.15, -0.1) is 0 Å². The van der Waals surface area contributed by atoms with Gasteiger partial charge in [-0.25, -0.2) is 0 Å². The summed E-state index contributed by atoms with van der Waals surface area (Å²) in [6, 6.07) is 15.8. The van der Waals surface area contributed by atoms with Crippen LogP contribution in [-0.4, -0.2) is 24.6 Å². The Morgan fingerprint density at radius 1 is 1.22 bits per heavy atom. The molecule has 0 saturated carbocycles. The number of benzene rings is 2. The number of Topliss-reactive ketones (excluding diaryl/α,β-unsaturated/α-hetero) is 1. The molecule has 37 heavy (non-hydrogen) atoms. The van der Waals surface area contributed by atoms with Crippen LogP contribution in [0.1, 0.15) is 56.2 Å². The van der Waals surface area contributed by atoms with Crippen LogP contribution in [0.15, 0.2) is 64.3 Å². The predicted molar refractivity (Wildman–Crippen MR) is 148 cm³/mol. The van der Waals surface area contributed by atoms with E-state index in [1.165, 1.54) is 11.8 Å². The van der Waals surface area contributed by atoms with Crippen molar-refractivity contribution in [3.8, 4) is 11.8 Å². The number of hydrogen-bond donors (Lipinski definition) is 2. The van der Waals surface area contributed by atoms with Crippen LogP contribution in [0.25, 0.3) is 0 Å². The Bertz CT molecular complexity index is 1330. The molecule has 0 bridgehead atoms. The van der Waals surface area contributed by atoms with Crippen LogP contribution in [0, 0.1) is 23.7 Å². The average molecular weight is 516 g/mol. The highest BCUT2D eigenvalue weighted by atomic mass is 32.2. The number of anilines is 1. The molecule has 0 aromatic heterocycles. The molecule has 1 aliphatic carbocycles. The number of nitrogens with zero attached hydrogens (tertiary/aromatic N) is 1. The van der Waals surface area contributed by atoms with Crippen molar-refractivity contribution in [2.45, 2.75) is 52.9 Å². The smallest absolute Gasteiger partial charge is 0.234 e. The standard InChI is InChI=1S/C30H33N3O3S/c1-6-19-9-7-8-18(2)28(19)33-25(35)17-37-29-22(16-31)26(20-10-12-21(36-5)13-11-20)27-23(32-29)14-30(3,4)15-24(27)34/h7-13,26,32H,6,14-15,17H2,1-5H3,(H,33,35)/t26-/m0/s1. The number of nitrogens with one attached hydrogen (secondary N) is 2. The molecule has 0 saturated heterocycles. The van der Waals surface area contributed by atoms with Crippen molar-refractivity contribution in [3.05, 3.63) is 81.0 Å². The van der Waals surface area contributed by atoms with Crippen LogP contribution in [0.3, 0.4) is 0 Å². The molecule has 4 rings (SSSR count). The average Bonchev–Trinajstić information content (AvgIpc) is 2.87. The van der Waals surface area contributed by atoms with Crippen LogP contribution in [0.2, 0.25) is 0 Å². The number of allylic oxidation sites excluding steroid dienone is 3. The Morgan fingerprint density at radius 3 is 2.59 bits per heavy atom. The third-order valence-corrected chi connectivity index (χ3v) is 7.95. The number of nitriles is 1. The van der Waals surface area contributed by atoms with Gasteiger partial charge in [0.05, 0.1) is 35.5 Å². The third-order valence-electron chi connectivity index (χ3n) is 6.93. The first-order valence-electron chi connectivity index (χ1n) is 12.5. The summed E-state index contributed by atoms with van der Waals surface area (Å²) in [6.45, 7) is 8.20. The lowest BCUT2D eigenvalue weighted by atomic mass is 9.69. The molecule has 0 fully saturated rings. The Hall–Kier alpha value is -3.50. The van der Waals surface area contributed by atoms with Gasteiger partial charge in [0.2, 0.25) is 5.91 Å². The van der Waals surface area contributed by atoms with E-state index in [2.05, 4.69) is 37.5 Å². The number of ether oxygens (including phenoxy) is 1. The topological polar surface area (TPSA) is 91.2 Å². The zero-order valence-corrected chi connectivity index (χ0v) is 22.8. The summed E-state index contributed by atoms with van der Waals surface area (Å²) in [5, 5.41) is 17.3. The van der Waals surface area contributed by atoms with Gasteiger partial charge in [-0.1, -0.05) is 62.9 Å².